The first-order valence-corrected chi connectivity index (χ1v) is 6.89. The molecule has 0 aliphatic heterocycles. The lowest BCUT2D eigenvalue weighted by Gasteiger charge is -2.07. The number of hydrogen-bond acceptors (Lipinski definition) is 5. The van der Waals surface area contributed by atoms with Crippen LogP contribution in [0.1, 0.15) is 6.92 Å². The van der Waals surface area contributed by atoms with Crippen molar-refractivity contribution in [3.8, 4) is 11.4 Å². The van der Waals surface area contributed by atoms with E-state index in [4.69, 9.17) is 16.3 Å². The molecule has 3 aromatic rings. The Bertz CT molecular complexity index is 769. The summed E-state index contributed by atoms with van der Waals surface area (Å²) in [5.74, 6) is 1.43. The van der Waals surface area contributed by atoms with E-state index in [0.717, 1.165) is 18.0 Å². The Morgan fingerprint density at radius 1 is 1.24 bits per heavy atom. The van der Waals surface area contributed by atoms with Gasteiger partial charge in [0.15, 0.2) is 17.0 Å². The number of nitrogens with one attached hydrogen (secondary N) is 1. The molecule has 0 amide bonds. The second-order valence-electron chi connectivity index (χ2n) is 4.36. The minimum atomic E-state index is 0.189. The van der Waals surface area contributed by atoms with Gasteiger partial charge in [0.2, 0.25) is 5.28 Å². The highest BCUT2D eigenvalue weighted by Crippen LogP contribution is 2.24. The first-order valence-electron chi connectivity index (χ1n) is 6.52. The molecule has 0 aliphatic carbocycles. The summed E-state index contributed by atoms with van der Waals surface area (Å²) in [6, 6.07) is 7.64. The molecular weight excluding hydrogens is 290 g/mol. The number of fused-ring (bicyclic) bond motifs is 1. The highest BCUT2D eigenvalue weighted by molar-refractivity contribution is 6.28. The lowest BCUT2D eigenvalue weighted by molar-refractivity contribution is 0.415. The zero-order valence-corrected chi connectivity index (χ0v) is 12.4. The Morgan fingerprint density at radius 2 is 2.00 bits per heavy atom. The van der Waals surface area contributed by atoms with Gasteiger partial charge in [-0.2, -0.15) is 9.97 Å². The van der Waals surface area contributed by atoms with Crippen LogP contribution in [-0.4, -0.2) is 33.2 Å². The smallest absolute Gasteiger partial charge is 0.226 e. The first kappa shape index (κ1) is 13.6. The van der Waals surface area contributed by atoms with E-state index in [1.165, 1.54) is 0 Å². The number of rotatable bonds is 4. The Labute approximate surface area is 126 Å². The molecule has 1 aromatic carbocycles. The van der Waals surface area contributed by atoms with Crippen LogP contribution in [-0.2, 0) is 0 Å². The predicted octanol–water partition coefficient (Wildman–Crippen LogP) is 2.91. The lowest BCUT2D eigenvalue weighted by Crippen LogP contribution is -2.02. The number of aromatic nitrogens is 4. The summed E-state index contributed by atoms with van der Waals surface area (Å²) in [6.45, 7) is 2.72. The van der Waals surface area contributed by atoms with Gasteiger partial charge in [0.05, 0.1) is 7.11 Å². The Kier molecular flexibility index (Phi) is 3.62. The summed E-state index contributed by atoms with van der Waals surface area (Å²) in [5, 5.41) is 3.33. The fraction of sp³-hybridized carbons (Fsp3) is 0.214. The molecule has 2 heterocycles. The Morgan fingerprint density at radius 3 is 2.67 bits per heavy atom. The van der Waals surface area contributed by atoms with Crippen LogP contribution in [0.2, 0.25) is 5.28 Å². The summed E-state index contributed by atoms with van der Waals surface area (Å²) in [7, 11) is 1.64. The number of halogens is 1. The predicted molar refractivity (Wildman–Crippen MR) is 82.4 cm³/mol. The maximum absolute atomic E-state index is 6.00. The zero-order valence-electron chi connectivity index (χ0n) is 11.7. The van der Waals surface area contributed by atoms with Crippen molar-refractivity contribution in [2.45, 2.75) is 6.92 Å². The van der Waals surface area contributed by atoms with Crippen LogP contribution in [0.25, 0.3) is 16.9 Å². The molecule has 1 N–H and O–H groups in total. The van der Waals surface area contributed by atoms with Gasteiger partial charge in [-0.3, -0.25) is 4.57 Å². The minimum absolute atomic E-state index is 0.189. The van der Waals surface area contributed by atoms with E-state index >= 15 is 0 Å². The number of nitrogens with zero attached hydrogens (tertiary/aromatic N) is 4. The standard InChI is InChI=1S/C14H14ClN5O/c1-3-16-12-11-13(19-14(15)18-12)20(8-17-11)9-4-6-10(21-2)7-5-9/h4-8H,3H2,1-2H3,(H,16,18,19). The van der Waals surface area contributed by atoms with E-state index in [-0.39, 0.29) is 5.28 Å². The van der Waals surface area contributed by atoms with E-state index in [1.54, 1.807) is 13.4 Å². The molecule has 6 nitrogen and oxygen atoms in total. The highest BCUT2D eigenvalue weighted by Gasteiger charge is 2.13. The van der Waals surface area contributed by atoms with Crippen LogP contribution in [0.15, 0.2) is 30.6 Å². The van der Waals surface area contributed by atoms with Gasteiger partial charge < -0.3 is 10.1 Å². The molecule has 3 rings (SSSR count). The van der Waals surface area contributed by atoms with Crippen molar-refractivity contribution < 1.29 is 4.74 Å². The minimum Gasteiger partial charge on any atom is -0.497 e. The molecule has 0 fully saturated rings. The normalized spacial score (nSPS) is 10.8. The van der Waals surface area contributed by atoms with Crippen LogP contribution >= 0.6 is 11.6 Å². The second kappa shape index (κ2) is 5.57. The van der Waals surface area contributed by atoms with Gasteiger partial charge in [-0.25, -0.2) is 4.98 Å². The average Bonchev–Trinajstić information content (AvgIpc) is 2.91. The average molecular weight is 304 g/mol. The third-order valence-corrected chi connectivity index (χ3v) is 3.23. The van der Waals surface area contributed by atoms with E-state index in [2.05, 4.69) is 20.3 Å². The van der Waals surface area contributed by atoms with Crippen LogP contribution in [0, 0.1) is 0 Å². The van der Waals surface area contributed by atoms with Crippen molar-refractivity contribution in [2.24, 2.45) is 0 Å². The number of benzene rings is 1. The van der Waals surface area contributed by atoms with E-state index in [0.29, 0.717) is 17.0 Å². The van der Waals surface area contributed by atoms with Crippen molar-refractivity contribution >= 4 is 28.6 Å². The fourth-order valence-electron chi connectivity index (χ4n) is 2.10. The summed E-state index contributed by atoms with van der Waals surface area (Å²) in [5.41, 5.74) is 2.28. The molecule has 0 radical (unpaired) electrons. The summed E-state index contributed by atoms with van der Waals surface area (Å²) in [6.07, 6.45) is 1.71. The number of hydrogen-bond donors (Lipinski definition) is 1. The van der Waals surface area contributed by atoms with Gasteiger partial charge >= 0.3 is 0 Å². The SMILES string of the molecule is CCNc1nc(Cl)nc2c1ncn2-c1ccc(OC)cc1. The molecule has 0 saturated carbocycles. The number of ether oxygens (including phenoxy) is 1. The Balaban J connectivity index is 2.14. The summed E-state index contributed by atoms with van der Waals surface area (Å²) < 4.78 is 7.03. The molecule has 0 saturated heterocycles. The van der Waals surface area contributed by atoms with Gasteiger partial charge in [0.25, 0.3) is 0 Å². The van der Waals surface area contributed by atoms with E-state index in [1.807, 2.05) is 35.8 Å². The molecule has 0 bridgehead atoms. The quantitative estimate of drug-likeness (QED) is 0.751. The highest BCUT2D eigenvalue weighted by atomic mass is 35.5. The van der Waals surface area contributed by atoms with Crippen molar-refractivity contribution in [1.82, 2.24) is 19.5 Å². The molecule has 21 heavy (non-hydrogen) atoms. The fourth-order valence-corrected chi connectivity index (χ4v) is 2.26. The summed E-state index contributed by atoms with van der Waals surface area (Å²) >= 11 is 6.00. The van der Waals surface area contributed by atoms with Crippen LogP contribution in [0.5, 0.6) is 5.75 Å². The largest absolute Gasteiger partial charge is 0.497 e. The van der Waals surface area contributed by atoms with Crippen molar-refractivity contribution in [1.29, 1.82) is 0 Å². The monoisotopic (exact) mass is 303 g/mol. The van der Waals surface area contributed by atoms with Gasteiger partial charge in [0.1, 0.15) is 12.1 Å². The lowest BCUT2D eigenvalue weighted by atomic mass is 10.3. The molecular formula is C14H14ClN5O. The third kappa shape index (κ3) is 2.50. The van der Waals surface area contributed by atoms with Gasteiger partial charge in [-0.05, 0) is 42.8 Å². The van der Waals surface area contributed by atoms with Crippen LogP contribution in [0.4, 0.5) is 5.82 Å². The maximum atomic E-state index is 6.00. The third-order valence-electron chi connectivity index (χ3n) is 3.06. The molecule has 7 heteroatoms. The van der Waals surface area contributed by atoms with Gasteiger partial charge in [0, 0.05) is 12.2 Å². The zero-order chi connectivity index (χ0) is 14.8. The van der Waals surface area contributed by atoms with Crippen molar-refractivity contribution in [2.75, 3.05) is 19.0 Å². The van der Waals surface area contributed by atoms with Gasteiger partial charge in [-0.15, -0.1) is 0 Å². The topological polar surface area (TPSA) is 64.9 Å². The molecule has 0 unspecified atom stereocenters. The first-order chi connectivity index (χ1) is 10.2. The van der Waals surface area contributed by atoms with Crippen LogP contribution in [0.3, 0.4) is 0 Å². The van der Waals surface area contributed by atoms with Gasteiger partial charge in [-0.1, -0.05) is 0 Å². The maximum Gasteiger partial charge on any atom is 0.226 e. The van der Waals surface area contributed by atoms with Crippen molar-refractivity contribution in [3.05, 3.63) is 35.9 Å². The number of anilines is 1. The van der Waals surface area contributed by atoms with E-state index < -0.39 is 0 Å². The van der Waals surface area contributed by atoms with E-state index in [9.17, 15) is 0 Å². The molecule has 0 aliphatic rings. The number of imidazole rings is 1. The molecule has 2 aromatic heterocycles. The Hall–Kier alpha value is -2.34. The summed E-state index contributed by atoms with van der Waals surface area (Å²) in [4.78, 5) is 12.8. The molecule has 0 spiro atoms. The van der Waals surface area contributed by atoms with Crippen molar-refractivity contribution in [3.63, 3.8) is 0 Å². The molecule has 108 valence electrons. The van der Waals surface area contributed by atoms with Crippen LogP contribution < -0.4 is 10.1 Å². The second-order valence-corrected chi connectivity index (χ2v) is 4.69. The molecule has 0 atom stereocenters. The number of methoxy groups -OCH3 is 1.